The maximum atomic E-state index is 12.6. The third-order valence-corrected chi connectivity index (χ3v) is 5.23. The molecule has 0 bridgehead atoms. The number of amides is 2. The Bertz CT molecular complexity index is 764. The first kappa shape index (κ1) is 20.6. The molecule has 2 rings (SSSR count). The molecule has 0 radical (unpaired) electrons. The van der Waals surface area contributed by atoms with Crippen LogP contribution in [0.25, 0.3) is 10.6 Å². The molecule has 1 aromatic carbocycles. The average Bonchev–Trinajstić information content (AvgIpc) is 3.07. The van der Waals surface area contributed by atoms with E-state index < -0.39 is 16.8 Å². The Labute approximate surface area is 166 Å². The molecule has 2 N–H and O–H groups in total. The van der Waals surface area contributed by atoms with E-state index in [2.05, 4.69) is 20.8 Å². The van der Waals surface area contributed by atoms with Gasteiger partial charge < -0.3 is 5.32 Å². The molecule has 2 amide bonds. The summed E-state index contributed by atoms with van der Waals surface area (Å²) in [5.41, 5.74) is 2.07. The van der Waals surface area contributed by atoms with Crippen molar-refractivity contribution in [2.45, 2.75) is 38.1 Å². The van der Waals surface area contributed by atoms with E-state index in [1.54, 1.807) is 0 Å². The number of hydrogen-bond donors (Lipinski definition) is 2. The highest BCUT2D eigenvalue weighted by Gasteiger charge is 2.28. The molecule has 0 aliphatic heterocycles. The fourth-order valence-corrected chi connectivity index (χ4v) is 3.07. The van der Waals surface area contributed by atoms with Crippen LogP contribution in [0.1, 0.15) is 25.8 Å². The number of nitrogens with one attached hydrogen (secondary N) is 2. The molecule has 0 aliphatic carbocycles. The zero-order valence-corrected chi connectivity index (χ0v) is 17.0. The van der Waals surface area contributed by atoms with Gasteiger partial charge in [-0.05, 0) is 12.8 Å². The minimum atomic E-state index is -1.23. The van der Waals surface area contributed by atoms with Crippen LogP contribution >= 0.6 is 34.5 Å². The molecule has 26 heavy (non-hydrogen) atoms. The van der Waals surface area contributed by atoms with Gasteiger partial charge in [-0.25, -0.2) is 0 Å². The van der Waals surface area contributed by atoms with E-state index in [0.717, 1.165) is 11.1 Å². The number of carbonyl (C=O) groups is 2. The van der Waals surface area contributed by atoms with Gasteiger partial charge >= 0.3 is 0 Å². The average molecular weight is 415 g/mol. The van der Waals surface area contributed by atoms with Gasteiger partial charge in [0.2, 0.25) is 11.0 Å². The Hall–Kier alpha value is -1.70. The summed E-state index contributed by atoms with van der Waals surface area (Å²) in [6, 6.07) is 7.10. The number of carbonyl (C=O) groups excluding carboxylic acids is 2. The Kier molecular flexibility index (Phi) is 7.37. The van der Waals surface area contributed by atoms with Crippen LogP contribution < -0.4 is 10.6 Å². The van der Waals surface area contributed by atoms with Crippen molar-refractivity contribution in [1.82, 2.24) is 15.5 Å². The largest absolute Gasteiger partial charge is 0.342 e. The van der Waals surface area contributed by atoms with E-state index in [9.17, 15) is 9.59 Å². The van der Waals surface area contributed by atoms with E-state index in [1.807, 2.05) is 45.0 Å². The van der Waals surface area contributed by atoms with Crippen molar-refractivity contribution in [1.29, 1.82) is 0 Å². The number of aromatic nitrogens is 2. The summed E-state index contributed by atoms with van der Waals surface area (Å²) in [6.07, 6.45) is 0.693. The highest BCUT2D eigenvalue weighted by molar-refractivity contribution is 7.18. The van der Waals surface area contributed by atoms with Gasteiger partial charge in [-0.1, -0.05) is 84.6 Å². The molecule has 9 heteroatoms. The van der Waals surface area contributed by atoms with E-state index >= 15 is 0 Å². The monoisotopic (exact) mass is 414 g/mol. The van der Waals surface area contributed by atoms with Gasteiger partial charge in [-0.2, -0.15) is 0 Å². The van der Waals surface area contributed by atoms with Gasteiger partial charge in [0, 0.05) is 5.56 Å². The maximum absolute atomic E-state index is 12.6. The number of halogens is 2. The molecule has 0 fully saturated rings. The number of hydrogen-bond acceptors (Lipinski definition) is 5. The van der Waals surface area contributed by atoms with Crippen molar-refractivity contribution in [2.24, 2.45) is 5.92 Å². The third-order valence-electron chi connectivity index (χ3n) is 3.95. The Balaban J connectivity index is 2.11. The van der Waals surface area contributed by atoms with Gasteiger partial charge in [0.15, 0.2) is 4.84 Å². The first-order valence-electron chi connectivity index (χ1n) is 8.11. The van der Waals surface area contributed by atoms with E-state index in [1.165, 1.54) is 11.3 Å². The molecule has 140 valence electrons. The molecule has 2 aromatic rings. The van der Waals surface area contributed by atoms with E-state index in [-0.39, 0.29) is 11.8 Å². The number of aryl methyl sites for hydroxylation is 1. The maximum Gasteiger partial charge on any atom is 0.253 e. The molecule has 0 saturated carbocycles. The van der Waals surface area contributed by atoms with Crippen LogP contribution in [0.3, 0.4) is 0 Å². The molecule has 0 spiro atoms. The SMILES string of the molecule is CC[C@@H](C)[C@H](NC(=O)C(Cl)Cl)C(=O)Nc1nnc(-c2ccc(C)cc2)s1. The lowest BCUT2D eigenvalue weighted by molar-refractivity contribution is -0.126. The molecule has 1 heterocycles. The van der Waals surface area contributed by atoms with Crippen LogP contribution in [0.15, 0.2) is 24.3 Å². The van der Waals surface area contributed by atoms with Crippen molar-refractivity contribution in [3.05, 3.63) is 29.8 Å². The molecule has 0 aliphatic rings. The number of benzene rings is 1. The summed E-state index contributed by atoms with van der Waals surface area (Å²) in [5, 5.41) is 14.5. The molecule has 2 atom stereocenters. The predicted octanol–water partition coefficient (Wildman–Crippen LogP) is 3.79. The third kappa shape index (κ3) is 5.40. The van der Waals surface area contributed by atoms with Gasteiger partial charge in [0.1, 0.15) is 11.0 Å². The summed E-state index contributed by atoms with van der Waals surface area (Å²) in [4.78, 5) is 23.1. The molecule has 0 saturated heterocycles. The van der Waals surface area contributed by atoms with Crippen LogP contribution in [0.2, 0.25) is 0 Å². The standard InChI is InChI=1S/C17H20Cl2N4O2S/c1-4-10(3)12(20-15(25)13(18)19)14(24)21-17-23-22-16(26-17)11-7-5-9(2)6-8-11/h5-8,10,12-13H,4H2,1-3H3,(H,20,25)(H,21,23,24)/t10-,12+/m1/s1. The van der Waals surface area contributed by atoms with Crippen LogP contribution in [0, 0.1) is 12.8 Å². The number of alkyl halides is 2. The Morgan fingerprint density at radius 2 is 1.81 bits per heavy atom. The van der Waals surface area contributed by atoms with Gasteiger partial charge in [0.25, 0.3) is 5.91 Å². The van der Waals surface area contributed by atoms with Crippen molar-refractivity contribution in [3.63, 3.8) is 0 Å². The highest BCUT2D eigenvalue weighted by atomic mass is 35.5. The topological polar surface area (TPSA) is 84.0 Å². The van der Waals surface area contributed by atoms with E-state index in [0.29, 0.717) is 16.6 Å². The fourth-order valence-electron chi connectivity index (χ4n) is 2.19. The minimum absolute atomic E-state index is 0.101. The number of anilines is 1. The lowest BCUT2D eigenvalue weighted by Crippen LogP contribution is -2.49. The van der Waals surface area contributed by atoms with Crippen molar-refractivity contribution in [2.75, 3.05) is 5.32 Å². The summed E-state index contributed by atoms with van der Waals surface area (Å²) in [7, 11) is 0. The predicted molar refractivity (Wildman–Crippen MR) is 106 cm³/mol. The molecule has 1 aromatic heterocycles. The lowest BCUT2D eigenvalue weighted by Gasteiger charge is -2.23. The fraction of sp³-hybridized carbons (Fsp3) is 0.412. The normalized spacial score (nSPS) is 13.3. The summed E-state index contributed by atoms with van der Waals surface area (Å²) in [5.74, 6) is -1.09. The van der Waals surface area contributed by atoms with Crippen molar-refractivity contribution >= 4 is 51.5 Å². The van der Waals surface area contributed by atoms with Crippen molar-refractivity contribution in [3.8, 4) is 10.6 Å². The first-order valence-corrected chi connectivity index (χ1v) is 9.80. The van der Waals surface area contributed by atoms with E-state index in [4.69, 9.17) is 23.2 Å². The molecular weight excluding hydrogens is 395 g/mol. The molecular formula is C17H20Cl2N4O2S. The zero-order valence-electron chi connectivity index (χ0n) is 14.6. The second-order valence-electron chi connectivity index (χ2n) is 5.94. The number of rotatable bonds is 7. The number of nitrogens with zero attached hydrogens (tertiary/aromatic N) is 2. The molecule has 0 unspecified atom stereocenters. The first-order chi connectivity index (χ1) is 12.3. The second-order valence-corrected chi connectivity index (χ2v) is 8.01. The second kappa shape index (κ2) is 9.30. The summed E-state index contributed by atoms with van der Waals surface area (Å²) in [6.45, 7) is 5.79. The van der Waals surface area contributed by atoms with Crippen LogP contribution in [0.5, 0.6) is 0 Å². The van der Waals surface area contributed by atoms with Gasteiger partial charge in [-0.15, -0.1) is 10.2 Å². The van der Waals surface area contributed by atoms with Crippen LogP contribution in [-0.2, 0) is 9.59 Å². The quantitative estimate of drug-likeness (QED) is 0.674. The highest BCUT2D eigenvalue weighted by Crippen LogP contribution is 2.26. The lowest BCUT2D eigenvalue weighted by atomic mass is 9.98. The summed E-state index contributed by atoms with van der Waals surface area (Å²) >= 11 is 12.4. The van der Waals surface area contributed by atoms with Gasteiger partial charge in [-0.3, -0.25) is 14.9 Å². The van der Waals surface area contributed by atoms with Gasteiger partial charge in [0.05, 0.1) is 0 Å². The minimum Gasteiger partial charge on any atom is -0.342 e. The summed E-state index contributed by atoms with van der Waals surface area (Å²) < 4.78 is 0. The smallest absolute Gasteiger partial charge is 0.253 e. The zero-order chi connectivity index (χ0) is 19.3. The van der Waals surface area contributed by atoms with Crippen LogP contribution in [-0.4, -0.2) is 32.9 Å². The van der Waals surface area contributed by atoms with Crippen LogP contribution in [0.4, 0.5) is 5.13 Å². The Morgan fingerprint density at radius 3 is 2.38 bits per heavy atom. The van der Waals surface area contributed by atoms with Crippen molar-refractivity contribution < 1.29 is 9.59 Å². The molecule has 6 nitrogen and oxygen atoms in total. The Morgan fingerprint density at radius 1 is 1.15 bits per heavy atom.